The van der Waals surface area contributed by atoms with Crippen LogP contribution in [0.1, 0.15) is 11.1 Å². The summed E-state index contributed by atoms with van der Waals surface area (Å²) >= 11 is 6.33. The Balaban J connectivity index is 1.77. The zero-order valence-electron chi connectivity index (χ0n) is 15.3. The molecule has 0 aliphatic carbocycles. The molecule has 1 heterocycles. The van der Waals surface area contributed by atoms with E-state index in [1.165, 1.54) is 6.08 Å². The van der Waals surface area contributed by atoms with Crippen molar-refractivity contribution in [3.8, 4) is 11.5 Å². The molecule has 2 aromatic carbocycles. The van der Waals surface area contributed by atoms with Gasteiger partial charge in [0.15, 0.2) is 0 Å². The number of hydrogen-bond acceptors (Lipinski definition) is 4. The summed E-state index contributed by atoms with van der Waals surface area (Å²) in [4.78, 5) is 15.9. The zero-order valence-corrected chi connectivity index (χ0v) is 16.1. The van der Waals surface area contributed by atoms with Gasteiger partial charge in [0.05, 0.1) is 27.3 Å². The van der Waals surface area contributed by atoms with Gasteiger partial charge >= 0.3 is 0 Å². The van der Waals surface area contributed by atoms with Crippen LogP contribution in [0.5, 0.6) is 11.5 Å². The van der Waals surface area contributed by atoms with Crippen LogP contribution in [0.15, 0.2) is 72.2 Å². The number of hydrogen-bond donors (Lipinski definition) is 0. The van der Waals surface area contributed by atoms with Crippen molar-refractivity contribution in [2.24, 2.45) is 0 Å². The molecule has 1 aliphatic rings. The van der Waals surface area contributed by atoms with E-state index in [2.05, 4.69) is 6.58 Å². The van der Waals surface area contributed by atoms with E-state index < -0.39 is 0 Å². The number of amides is 1. The largest absolute Gasteiger partial charge is 0.497 e. The maximum absolute atomic E-state index is 12.5. The van der Waals surface area contributed by atoms with Crippen LogP contribution in [0, 0.1) is 0 Å². The number of nitrogens with zero attached hydrogens (tertiary/aromatic N) is 2. The van der Waals surface area contributed by atoms with E-state index >= 15 is 0 Å². The first kappa shape index (κ1) is 18.9. The van der Waals surface area contributed by atoms with E-state index in [0.717, 1.165) is 22.6 Å². The summed E-state index contributed by atoms with van der Waals surface area (Å²) in [5.41, 5.74) is 2.00. The molecule has 1 amide bonds. The number of carbonyl (C=O) groups is 1. The van der Waals surface area contributed by atoms with Gasteiger partial charge in [0.1, 0.15) is 22.5 Å². The highest BCUT2D eigenvalue weighted by Crippen LogP contribution is 2.29. The quantitative estimate of drug-likeness (QED) is 0.703. The van der Waals surface area contributed by atoms with Crippen molar-refractivity contribution in [2.45, 2.75) is 13.1 Å². The first-order valence-electron chi connectivity index (χ1n) is 8.43. The lowest BCUT2D eigenvalue weighted by Crippen LogP contribution is -2.40. The zero-order chi connectivity index (χ0) is 19.4. The molecule has 0 N–H and O–H groups in total. The Labute approximate surface area is 164 Å². The predicted molar refractivity (Wildman–Crippen MR) is 105 cm³/mol. The molecular weight excluding hydrogens is 364 g/mol. The Bertz CT molecular complexity index is 860. The van der Waals surface area contributed by atoms with E-state index in [9.17, 15) is 4.79 Å². The van der Waals surface area contributed by atoms with E-state index in [0.29, 0.717) is 24.1 Å². The number of carbonyl (C=O) groups excluding carboxylic acids is 1. The van der Waals surface area contributed by atoms with E-state index in [4.69, 9.17) is 21.1 Å². The van der Waals surface area contributed by atoms with Gasteiger partial charge in [-0.3, -0.25) is 9.69 Å². The van der Waals surface area contributed by atoms with Crippen LogP contribution in [-0.4, -0.2) is 29.9 Å². The van der Waals surface area contributed by atoms with Crippen molar-refractivity contribution in [1.29, 1.82) is 0 Å². The Morgan fingerprint density at radius 2 is 1.30 bits per heavy atom. The van der Waals surface area contributed by atoms with Gasteiger partial charge in [-0.1, -0.05) is 42.4 Å². The normalized spacial score (nSPS) is 14.3. The average molecular weight is 385 g/mol. The molecule has 5 nitrogen and oxygen atoms in total. The van der Waals surface area contributed by atoms with Crippen LogP contribution in [-0.2, 0) is 17.9 Å². The second kappa shape index (κ2) is 8.18. The van der Waals surface area contributed by atoms with Crippen molar-refractivity contribution in [2.75, 3.05) is 14.2 Å². The smallest absolute Gasteiger partial charge is 0.255 e. The minimum absolute atomic E-state index is 0.188. The van der Waals surface area contributed by atoms with Gasteiger partial charge in [0.25, 0.3) is 5.91 Å². The second-order valence-corrected chi connectivity index (χ2v) is 6.48. The van der Waals surface area contributed by atoms with Gasteiger partial charge in [0.2, 0.25) is 0 Å². The lowest BCUT2D eigenvalue weighted by atomic mass is 10.1. The minimum Gasteiger partial charge on any atom is -0.497 e. The van der Waals surface area contributed by atoms with Crippen molar-refractivity contribution in [3.63, 3.8) is 0 Å². The number of rotatable bonds is 6. The molecule has 0 spiro atoms. The van der Waals surface area contributed by atoms with Gasteiger partial charge < -0.3 is 14.4 Å². The van der Waals surface area contributed by atoms with Crippen molar-refractivity contribution in [1.82, 2.24) is 9.80 Å². The molecule has 0 aromatic heterocycles. The Kier molecular flexibility index (Phi) is 5.72. The van der Waals surface area contributed by atoms with E-state index in [-0.39, 0.29) is 5.91 Å². The predicted octanol–water partition coefficient (Wildman–Crippen LogP) is 4.10. The van der Waals surface area contributed by atoms with Crippen LogP contribution in [0.4, 0.5) is 0 Å². The van der Waals surface area contributed by atoms with Crippen LogP contribution in [0.25, 0.3) is 0 Å². The molecular formula is C21H21ClN2O3. The fourth-order valence-corrected chi connectivity index (χ4v) is 3.07. The molecule has 0 radical (unpaired) electrons. The maximum atomic E-state index is 12.5. The second-order valence-electron chi connectivity index (χ2n) is 6.09. The number of halogens is 1. The summed E-state index contributed by atoms with van der Waals surface area (Å²) in [6.45, 7) is 5.00. The molecule has 6 heteroatoms. The number of benzene rings is 2. The molecule has 0 saturated carbocycles. The van der Waals surface area contributed by atoms with Crippen molar-refractivity contribution in [3.05, 3.63) is 83.3 Å². The summed E-state index contributed by atoms with van der Waals surface area (Å²) < 4.78 is 10.4. The molecule has 0 bridgehead atoms. The molecule has 0 saturated heterocycles. The van der Waals surface area contributed by atoms with Crippen LogP contribution < -0.4 is 9.47 Å². The first-order valence-corrected chi connectivity index (χ1v) is 8.80. The van der Waals surface area contributed by atoms with Crippen LogP contribution in [0.3, 0.4) is 0 Å². The van der Waals surface area contributed by atoms with Crippen molar-refractivity contribution < 1.29 is 14.3 Å². The monoisotopic (exact) mass is 384 g/mol. The molecule has 3 rings (SSSR count). The number of methoxy groups -OCH3 is 2. The molecule has 1 aliphatic heterocycles. The Hall–Kier alpha value is -2.92. The summed E-state index contributed by atoms with van der Waals surface area (Å²) in [7, 11) is 3.25. The van der Waals surface area contributed by atoms with Crippen molar-refractivity contribution >= 4 is 17.5 Å². The highest BCUT2D eigenvalue weighted by atomic mass is 35.5. The van der Waals surface area contributed by atoms with Gasteiger partial charge in [-0.2, -0.15) is 0 Å². The molecule has 2 aromatic rings. The maximum Gasteiger partial charge on any atom is 0.255 e. The molecule has 0 unspecified atom stereocenters. The lowest BCUT2D eigenvalue weighted by Gasteiger charge is -2.36. The third-order valence-electron chi connectivity index (χ3n) is 4.39. The Morgan fingerprint density at radius 1 is 0.852 bits per heavy atom. The summed E-state index contributed by atoms with van der Waals surface area (Å²) in [6, 6.07) is 15.3. The van der Waals surface area contributed by atoms with Gasteiger partial charge in [-0.25, -0.2) is 0 Å². The third kappa shape index (κ3) is 4.26. The standard InChI is InChI=1S/C21H21ClN2O3/c1-15-23(13-16-4-8-18(26-2)9-5-16)20(22)12-21(25)24(15)14-17-6-10-19(27-3)11-7-17/h4-12H,1,13-14H2,2-3H3. The van der Waals surface area contributed by atoms with E-state index in [1.54, 1.807) is 19.1 Å². The molecule has 0 atom stereocenters. The first-order chi connectivity index (χ1) is 13.0. The third-order valence-corrected chi connectivity index (χ3v) is 4.70. The van der Waals surface area contributed by atoms with Crippen LogP contribution in [0.2, 0.25) is 0 Å². The Morgan fingerprint density at radius 3 is 1.74 bits per heavy atom. The summed E-state index contributed by atoms with van der Waals surface area (Å²) in [6.07, 6.45) is 1.42. The highest BCUT2D eigenvalue weighted by molar-refractivity contribution is 6.31. The fourth-order valence-electron chi connectivity index (χ4n) is 2.82. The van der Waals surface area contributed by atoms with Gasteiger partial charge in [-0.05, 0) is 35.4 Å². The summed E-state index contributed by atoms with van der Waals surface area (Å²) in [5.74, 6) is 1.91. The molecule has 27 heavy (non-hydrogen) atoms. The molecule has 0 fully saturated rings. The average Bonchev–Trinajstić information content (AvgIpc) is 2.69. The summed E-state index contributed by atoms with van der Waals surface area (Å²) in [5, 5.41) is 0.354. The van der Waals surface area contributed by atoms with Crippen LogP contribution >= 0.6 is 11.6 Å². The lowest BCUT2D eigenvalue weighted by molar-refractivity contribution is -0.126. The SMILES string of the molecule is C=C1N(Cc2ccc(OC)cc2)C(=O)C=C(Cl)N1Cc1ccc(OC)cc1. The minimum atomic E-state index is -0.188. The highest BCUT2D eigenvalue weighted by Gasteiger charge is 2.28. The fraction of sp³-hybridized carbons (Fsp3) is 0.190. The van der Waals surface area contributed by atoms with Gasteiger partial charge in [0, 0.05) is 6.08 Å². The van der Waals surface area contributed by atoms with E-state index in [1.807, 2.05) is 53.4 Å². The van der Waals surface area contributed by atoms with Gasteiger partial charge in [-0.15, -0.1) is 0 Å². The number of ether oxygens (including phenoxy) is 2. The molecule has 140 valence electrons. The topological polar surface area (TPSA) is 42.0 Å².